The summed E-state index contributed by atoms with van der Waals surface area (Å²) in [7, 11) is 0. The van der Waals surface area contributed by atoms with Gasteiger partial charge in [-0.1, -0.05) is 24.3 Å². The highest BCUT2D eigenvalue weighted by Gasteiger charge is 2.31. The zero-order valence-electron chi connectivity index (χ0n) is 11.5. The van der Waals surface area contributed by atoms with E-state index in [1.165, 1.54) is 12.1 Å². The Morgan fingerprint density at radius 2 is 1.87 bits per heavy atom. The number of hydrogen-bond donors (Lipinski definition) is 3. The monoisotopic (exact) mass is 334 g/mol. The molecule has 0 bridgehead atoms. The third kappa shape index (κ3) is 2.81. The average Bonchev–Trinajstić information content (AvgIpc) is 2.54. The molecular formula is C14H11ClN4O4-2. The minimum absolute atomic E-state index is 0.182. The summed E-state index contributed by atoms with van der Waals surface area (Å²) in [5.74, 6) is 0. The maximum atomic E-state index is 10.7. The van der Waals surface area contributed by atoms with E-state index in [4.69, 9.17) is 11.6 Å². The molecule has 8 nitrogen and oxygen atoms in total. The van der Waals surface area contributed by atoms with Crippen molar-refractivity contribution in [2.45, 2.75) is 5.38 Å². The molecule has 0 heterocycles. The van der Waals surface area contributed by atoms with Crippen LogP contribution in [0.15, 0.2) is 47.6 Å². The molecule has 0 amide bonds. The number of hydrogen-bond acceptors (Lipinski definition) is 8. The lowest BCUT2D eigenvalue weighted by atomic mass is 9.86. The Morgan fingerprint density at radius 1 is 1.13 bits per heavy atom. The summed E-state index contributed by atoms with van der Waals surface area (Å²) < 4.78 is 0. The van der Waals surface area contributed by atoms with Crippen molar-refractivity contribution in [3.63, 3.8) is 0 Å². The molecule has 3 N–H and O–H groups in total. The van der Waals surface area contributed by atoms with E-state index in [2.05, 4.69) is 10.5 Å². The first-order valence-electron chi connectivity index (χ1n) is 6.52. The fourth-order valence-corrected chi connectivity index (χ4v) is 2.64. The van der Waals surface area contributed by atoms with E-state index in [0.29, 0.717) is 5.71 Å². The van der Waals surface area contributed by atoms with E-state index in [1.807, 2.05) is 24.3 Å². The van der Waals surface area contributed by atoms with Gasteiger partial charge in [-0.05, 0) is 23.8 Å². The summed E-state index contributed by atoms with van der Waals surface area (Å²) in [6, 6.07) is 11.1. The van der Waals surface area contributed by atoms with Crippen molar-refractivity contribution in [2.75, 3.05) is 15.9 Å². The van der Waals surface area contributed by atoms with Crippen molar-refractivity contribution in [1.82, 2.24) is 0 Å². The van der Waals surface area contributed by atoms with Crippen LogP contribution in [0.5, 0.6) is 0 Å². The number of nitrogens with zero attached hydrogens (tertiary/aromatic N) is 3. The Bertz CT molecular complexity index is 766. The fraction of sp³-hybridized carbons (Fsp3) is 0.0714. The van der Waals surface area contributed by atoms with Crippen LogP contribution in [0.1, 0.15) is 16.5 Å². The van der Waals surface area contributed by atoms with Crippen LogP contribution >= 0.6 is 11.6 Å². The topological polar surface area (TPSA) is 117 Å². The maximum absolute atomic E-state index is 10.7. The van der Waals surface area contributed by atoms with Crippen molar-refractivity contribution in [3.05, 3.63) is 64.0 Å². The molecule has 9 heteroatoms. The molecular weight excluding hydrogens is 324 g/mol. The second kappa shape index (κ2) is 6.03. The van der Waals surface area contributed by atoms with Crippen molar-refractivity contribution in [3.8, 4) is 0 Å². The number of nitrogens with one attached hydrogen (secondary N) is 1. The van der Waals surface area contributed by atoms with E-state index in [1.54, 1.807) is 0 Å². The highest BCUT2D eigenvalue weighted by molar-refractivity contribution is 6.40. The molecule has 0 saturated carbocycles. The van der Waals surface area contributed by atoms with Crippen LogP contribution in [-0.4, -0.2) is 16.1 Å². The molecule has 0 aromatic heterocycles. The molecule has 120 valence electrons. The first kappa shape index (κ1) is 15.5. The summed E-state index contributed by atoms with van der Waals surface area (Å²) in [5.41, 5.74) is 4.81. The number of anilines is 3. The Balaban J connectivity index is 1.88. The number of halogens is 1. The standard InChI is InChI=1S/C14H11ClN4O4/c15-13-9-3-1-2-4-10(9)14(13)17-16-11-6-5-8(18(20)21)7-12(11)19(22)23/h1-7,13,16,22-23H/q-2. The van der Waals surface area contributed by atoms with Gasteiger partial charge < -0.3 is 15.6 Å². The highest BCUT2D eigenvalue weighted by atomic mass is 35.5. The normalized spacial score (nSPS) is 17.4. The Kier molecular flexibility index (Phi) is 4.07. The summed E-state index contributed by atoms with van der Waals surface area (Å²) >= 11 is 6.21. The average molecular weight is 335 g/mol. The SMILES string of the molecule is [O-]N([O-])c1ccc(NN=C2c3ccccc3C2Cl)c(N(O)O)c1. The van der Waals surface area contributed by atoms with Gasteiger partial charge in [0.15, 0.2) is 0 Å². The lowest BCUT2D eigenvalue weighted by Crippen LogP contribution is -2.24. The van der Waals surface area contributed by atoms with Gasteiger partial charge in [-0.15, -0.1) is 16.8 Å². The van der Waals surface area contributed by atoms with E-state index in [0.717, 1.165) is 17.2 Å². The van der Waals surface area contributed by atoms with Crippen LogP contribution in [0.2, 0.25) is 0 Å². The second-order valence-electron chi connectivity index (χ2n) is 4.81. The van der Waals surface area contributed by atoms with Gasteiger partial charge in [-0.2, -0.15) is 5.10 Å². The Morgan fingerprint density at radius 3 is 2.57 bits per heavy atom. The van der Waals surface area contributed by atoms with Gasteiger partial charge in [0.25, 0.3) is 0 Å². The number of rotatable bonds is 4. The predicted octanol–water partition coefficient (Wildman–Crippen LogP) is 3.18. The van der Waals surface area contributed by atoms with E-state index in [9.17, 15) is 20.8 Å². The lowest BCUT2D eigenvalue weighted by molar-refractivity contribution is 0.0295. The van der Waals surface area contributed by atoms with E-state index >= 15 is 0 Å². The van der Waals surface area contributed by atoms with Gasteiger partial charge >= 0.3 is 0 Å². The van der Waals surface area contributed by atoms with Gasteiger partial charge in [0.1, 0.15) is 11.1 Å². The van der Waals surface area contributed by atoms with E-state index in [-0.39, 0.29) is 27.7 Å². The molecule has 2 aromatic carbocycles. The third-order valence-corrected chi connectivity index (χ3v) is 3.90. The first-order valence-corrected chi connectivity index (χ1v) is 6.96. The van der Waals surface area contributed by atoms with Crippen LogP contribution in [0.25, 0.3) is 0 Å². The van der Waals surface area contributed by atoms with Crippen molar-refractivity contribution in [2.24, 2.45) is 5.10 Å². The van der Waals surface area contributed by atoms with Crippen LogP contribution in [-0.2, 0) is 0 Å². The van der Waals surface area contributed by atoms with Gasteiger partial charge in [0.05, 0.1) is 11.4 Å². The molecule has 3 rings (SSSR count). The quantitative estimate of drug-likeness (QED) is 0.580. The Hall–Kier alpha value is -2.36. The largest absolute Gasteiger partial charge is 0.769 e. The minimum Gasteiger partial charge on any atom is -0.769 e. The van der Waals surface area contributed by atoms with Crippen molar-refractivity contribution >= 4 is 34.4 Å². The second-order valence-corrected chi connectivity index (χ2v) is 5.24. The molecule has 0 radical (unpaired) electrons. The summed E-state index contributed by atoms with van der Waals surface area (Å²) in [6.45, 7) is 0. The summed E-state index contributed by atoms with van der Waals surface area (Å²) in [6.07, 6.45) is 0. The van der Waals surface area contributed by atoms with Gasteiger partial charge in [-0.25, -0.2) is 0 Å². The van der Waals surface area contributed by atoms with Crippen molar-refractivity contribution in [1.29, 1.82) is 0 Å². The molecule has 1 aliphatic carbocycles. The molecule has 1 unspecified atom stereocenters. The fourth-order valence-electron chi connectivity index (χ4n) is 2.29. The number of hydrazone groups is 1. The zero-order chi connectivity index (χ0) is 16.6. The van der Waals surface area contributed by atoms with E-state index < -0.39 is 5.23 Å². The number of benzene rings is 2. The van der Waals surface area contributed by atoms with Crippen LogP contribution in [0, 0.1) is 10.4 Å². The molecule has 1 aliphatic rings. The van der Waals surface area contributed by atoms with Gasteiger partial charge in [0.2, 0.25) is 0 Å². The van der Waals surface area contributed by atoms with Crippen molar-refractivity contribution < 1.29 is 10.4 Å². The maximum Gasteiger partial charge on any atom is 0.121 e. The third-order valence-electron chi connectivity index (χ3n) is 3.45. The van der Waals surface area contributed by atoms with Crippen LogP contribution in [0.4, 0.5) is 17.1 Å². The molecule has 0 aliphatic heterocycles. The van der Waals surface area contributed by atoms with Crippen LogP contribution < -0.4 is 15.9 Å². The molecule has 2 aromatic rings. The smallest absolute Gasteiger partial charge is 0.121 e. The zero-order valence-corrected chi connectivity index (χ0v) is 12.3. The summed E-state index contributed by atoms with van der Waals surface area (Å²) in [4.78, 5) is 0. The molecule has 1 atom stereocenters. The molecule has 0 spiro atoms. The minimum atomic E-state index is -0.639. The predicted molar refractivity (Wildman–Crippen MR) is 86.9 cm³/mol. The number of alkyl halides is 1. The summed E-state index contributed by atoms with van der Waals surface area (Å²) in [5, 5.41) is 42.9. The molecule has 23 heavy (non-hydrogen) atoms. The Labute approximate surface area is 135 Å². The van der Waals surface area contributed by atoms with Crippen LogP contribution in [0.3, 0.4) is 0 Å². The van der Waals surface area contributed by atoms with Gasteiger partial charge in [0, 0.05) is 11.3 Å². The van der Waals surface area contributed by atoms with Gasteiger partial charge in [-0.3, -0.25) is 15.8 Å². The molecule has 0 saturated heterocycles. The first-order chi connectivity index (χ1) is 11.0. The molecule has 0 fully saturated rings. The lowest BCUT2D eigenvalue weighted by Gasteiger charge is -2.38. The number of fused-ring (bicyclic) bond motifs is 1. The highest BCUT2D eigenvalue weighted by Crippen LogP contribution is 2.39.